The van der Waals surface area contributed by atoms with Crippen LogP contribution in [-0.4, -0.2) is 32.9 Å². The van der Waals surface area contributed by atoms with Crippen LogP contribution in [0.3, 0.4) is 0 Å². The fourth-order valence-electron chi connectivity index (χ4n) is 4.59. The Morgan fingerprint density at radius 3 is 2.60 bits per heavy atom. The van der Waals surface area contributed by atoms with Gasteiger partial charge in [0.15, 0.2) is 0 Å². The zero-order chi connectivity index (χ0) is 25.1. The monoisotopic (exact) mass is 492 g/mol. The van der Waals surface area contributed by atoms with Gasteiger partial charge in [0.25, 0.3) is 15.9 Å². The number of aryl methyl sites for hydroxylation is 1. The molecule has 0 unspecified atom stereocenters. The minimum absolute atomic E-state index is 0.0618. The first-order valence-electron chi connectivity index (χ1n) is 11.3. The molecular weight excluding hydrogens is 468 g/mol. The van der Waals surface area contributed by atoms with Crippen LogP contribution in [0.2, 0.25) is 0 Å². The van der Waals surface area contributed by atoms with E-state index in [-0.39, 0.29) is 28.2 Å². The highest BCUT2D eigenvalue weighted by Crippen LogP contribution is 2.40. The SMILES string of the molecule is CCN1C(=O)c2cccc3c(S(=O)(=O)Nc4ccc5oc(C)c(C(=O)OC(C)C)c5c4)ccc1c23. The molecule has 3 aromatic carbocycles. The number of amides is 1. The number of sulfonamides is 1. The molecule has 0 aliphatic carbocycles. The van der Waals surface area contributed by atoms with Gasteiger partial charge in [0.2, 0.25) is 0 Å². The molecule has 9 heteroatoms. The third kappa shape index (κ3) is 3.63. The van der Waals surface area contributed by atoms with Gasteiger partial charge < -0.3 is 14.1 Å². The summed E-state index contributed by atoms with van der Waals surface area (Å²) in [7, 11) is -4.03. The quantitative estimate of drug-likeness (QED) is 0.369. The number of ether oxygens (including phenoxy) is 1. The van der Waals surface area contributed by atoms with Crippen molar-refractivity contribution in [1.82, 2.24) is 0 Å². The van der Waals surface area contributed by atoms with Crippen molar-refractivity contribution < 1.29 is 27.2 Å². The Labute approximate surface area is 202 Å². The molecule has 1 aliphatic heterocycles. The van der Waals surface area contributed by atoms with E-state index in [4.69, 9.17) is 9.15 Å². The zero-order valence-corrected chi connectivity index (χ0v) is 20.5. The largest absolute Gasteiger partial charge is 0.460 e. The van der Waals surface area contributed by atoms with Crippen molar-refractivity contribution >= 4 is 55.0 Å². The van der Waals surface area contributed by atoms with E-state index in [1.807, 2.05) is 6.92 Å². The van der Waals surface area contributed by atoms with Gasteiger partial charge in [0.05, 0.1) is 16.7 Å². The van der Waals surface area contributed by atoms with E-state index in [2.05, 4.69) is 4.72 Å². The Morgan fingerprint density at radius 1 is 1.11 bits per heavy atom. The number of carbonyl (C=O) groups excluding carboxylic acids is 2. The summed E-state index contributed by atoms with van der Waals surface area (Å²) in [5.74, 6) is -0.283. The second-order valence-electron chi connectivity index (χ2n) is 8.66. The Balaban J connectivity index is 1.58. The molecule has 1 N–H and O–H groups in total. The fraction of sp³-hybridized carbons (Fsp3) is 0.231. The van der Waals surface area contributed by atoms with Crippen LogP contribution in [0.5, 0.6) is 0 Å². The lowest BCUT2D eigenvalue weighted by Gasteiger charge is -2.16. The maximum absolute atomic E-state index is 13.5. The number of anilines is 2. The summed E-state index contributed by atoms with van der Waals surface area (Å²) in [5.41, 5.74) is 2.17. The molecule has 0 bridgehead atoms. The van der Waals surface area contributed by atoms with Gasteiger partial charge in [-0.05, 0) is 64.1 Å². The van der Waals surface area contributed by atoms with Crippen LogP contribution in [0.25, 0.3) is 21.7 Å². The molecule has 4 aromatic rings. The molecule has 8 nitrogen and oxygen atoms in total. The van der Waals surface area contributed by atoms with E-state index in [1.54, 1.807) is 68.1 Å². The number of hydrogen-bond acceptors (Lipinski definition) is 6. The summed E-state index contributed by atoms with van der Waals surface area (Å²) in [6.45, 7) is 7.52. The lowest BCUT2D eigenvalue weighted by atomic mass is 10.1. The summed E-state index contributed by atoms with van der Waals surface area (Å²) < 4.78 is 40.6. The maximum atomic E-state index is 13.5. The predicted molar refractivity (Wildman–Crippen MR) is 134 cm³/mol. The number of benzene rings is 3. The molecule has 1 aromatic heterocycles. The van der Waals surface area contributed by atoms with Gasteiger partial charge in [0.1, 0.15) is 16.9 Å². The highest BCUT2D eigenvalue weighted by molar-refractivity contribution is 7.93. The van der Waals surface area contributed by atoms with E-state index >= 15 is 0 Å². The minimum Gasteiger partial charge on any atom is -0.460 e. The molecule has 0 spiro atoms. The van der Waals surface area contributed by atoms with Crippen molar-refractivity contribution in [3.8, 4) is 0 Å². The van der Waals surface area contributed by atoms with Crippen LogP contribution in [0.4, 0.5) is 11.4 Å². The molecule has 35 heavy (non-hydrogen) atoms. The molecule has 0 radical (unpaired) electrons. The molecule has 1 aliphatic rings. The third-order valence-electron chi connectivity index (χ3n) is 6.01. The van der Waals surface area contributed by atoms with Crippen molar-refractivity contribution in [2.45, 2.75) is 38.7 Å². The van der Waals surface area contributed by atoms with E-state index in [1.165, 1.54) is 6.07 Å². The number of esters is 1. The highest BCUT2D eigenvalue weighted by Gasteiger charge is 2.31. The van der Waals surface area contributed by atoms with Gasteiger partial charge in [0, 0.05) is 34.0 Å². The van der Waals surface area contributed by atoms with Crippen molar-refractivity contribution in [3.63, 3.8) is 0 Å². The number of rotatable bonds is 6. The minimum atomic E-state index is -4.03. The summed E-state index contributed by atoms with van der Waals surface area (Å²) in [4.78, 5) is 27.1. The summed E-state index contributed by atoms with van der Waals surface area (Å²) in [6, 6.07) is 13.0. The third-order valence-corrected chi connectivity index (χ3v) is 7.45. The molecule has 5 rings (SSSR count). The fourth-order valence-corrected chi connectivity index (χ4v) is 5.84. The van der Waals surface area contributed by atoms with Crippen molar-refractivity contribution in [3.05, 3.63) is 65.4 Å². The summed E-state index contributed by atoms with van der Waals surface area (Å²) in [5, 5.41) is 1.55. The Morgan fingerprint density at radius 2 is 1.89 bits per heavy atom. The number of fused-ring (bicyclic) bond motifs is 1. The Hall–Kier alpha value is -3.85. The second kappa shape index (κ2) is 8.13. The topological polar surface area (TPSA) is 106 Å². The van der Waals surface area contributed by atoms with Gasteiger partial charge in [-0.15, -0.1) is 0 Å². The Kier molecular flexibility index (Phi) is 5.32. The summed E-state index contributed by atoms with van der Waals surface area (Å²) in [6.07, 6.45) is -0.312. The average molecular weight is 493 g/mol. The first kappa shape index (κ1) is 22.9. The van der Waals surface area contributed by atoms with Gasteiger partial charge in [-0.2, -0.15) is 0 Å². The predicted octanol–water partition coefficient (Wildman–Crippen LogP) is 5.24. The van der Waals surface area contributed by atoms with Gasteiger partial charge >= 0.3 is 5.97 Å². The number of hydrogen-bond donors (Lipinski definition) is 1. The first-order chi connectivity index (χ1) is 16.6. The zero-order valence-electron chi connectivity index (χ0n) is 19.7. The van der Waals surface area contributed by atoms with Gasteiger partial charge in [-0.3, -0.25) is 9.52 Å². The van der Waals surface area contributed by atoms with Crippen molar-refractivity contribution in [1.29, 1.82) is 0 Å². The standard InChI is InChI=1S/C26H24N2O6S/c1-5-28-20-10-12-22(17-7-6-8-18(24(17)20)25(28)29)35(31,32)27-16-9-11-21-19(13-16)23(15(4)34-21)26(30)33-14(2)3/h6-14,27H,5H2,1-4H3. The van der Waals surface area contributed by atoms with E-state index in [9.17, 15) is 18.0 Å². The molecule has 1 amide bonds. The molecule has 2 heterocycles. The van der Waals surface area contributed by atoms with Gasteiger partial charge in [-0.1, -0.05) is 12.1 Å². The lowest BCUT2D eigenvalue weighted by Crippen LogP contribution is -2.25. The lowest BCUT2D eigenvalue weighted by molar-refractivity contribution is 0.0378. The van der Waals surface area contributed by atoms with Crippen LogP contribution < -0.4 is 9.62 Å². The molecular formula is C26H24N2O6S. The molecule has 0 saturated heterocycles. The van der Waals surface area contributed by atoms with Crippen molar-refractivity contribution in [2.75, 3.05) is 16.2 Å². The molecule has 0 fully saturated rings. The molecule has 0 saturated carbocycles. The van der Waals surface area contributed by atoms with E-state index < -0.39 is 16.0 Å². The van der Waals surface area contributed by atoms with E-state index in [0.29, 0.717) is 45.3 Å². The summed E-state index contributed by atoms with van der Waals surface area (Å²) >= 11 is 0. The van der Waals surface area contributed by atoms with Crippen LogP contribution in [0, 0.1) is 6.92 Å². The smallest absolute Gasteiger partial charge is 0.342 e. The van der Waals surface area contributed by atoms with Crippen LogP contribution in [-0.2, 0) is 14.8 Å². The first-order valence-corrected chi connectivity index (χ1v) is 12.7. The highest BCUT2D eigenvalue weighted by atomic mass is 32.2. The molecule has 0 atom stereocenters. The Bertz CT molecular complexity index is 1630. The number of carbonyl (C=O) groups is 2. The number of nitrogens with one attached hydrogen (secondary N) is 1. The average Bonchev–Trinajstić information content (AvgIpc) is 3.27. The second-order valence-corrected chi connectivity index (χ2v) is 10.3. The van der Waals surface area contributed by atoms with Gasteiger partial charge in [-0.25, -0.2) is 13.2 Å². The van der Waals surface area contributed by atoms with Crippen LogP contribution in [0.1, 0.15) is 47.2 Å². The van der Waals surface area contributed by atoms with Crippen molar-refractivity contribution in [2.24, 2.45) is 0 Å². The number of furan rings is 1. The van der Waals surface area contributed by atoms with E-state index in [0.717, 1.165) is 0 Å². The van der Waals surface area contributed by atoms with Crippen LogP contribution >= 0.6 is 0 Å². The molecule has 180 valence electrons. The van der Waals surface area contributed by atoms with Crippen LogP contribution in [0.15, 0.2) is 57.8 Å². The normalized spacial score (nSPS) is 13.3. The maximum Gasteiger partial charge on any atom is 0.342 e. The number of nitrogens with zero attached hydrogens (tertiary/aromatic N) is 1.